The standard InChI is InChI=1S/C47H90NO9P/c1-3-5-7-9-11-13-15-17-19-21-23-25-27-29-31-33-35-37-39-46(49)57-44(42-55-58(52,53)56-43-45(48)47(50)51)41-54-40-38-36-34-32-30-28-26-24-22-20-18-16-14-12-10-8-6-4-2/h12,14,18,20,44-45H,3-11,13,15-17,19,21-43,48H2,1-2H3,(H,50,51)(H,52,53)/b14-12-,20-18-. The highest BCUT2D eigenvalue weighted by atomic mass is 31.2. The van der Waals surface area contributed by atoms with E-state index in [2.05, 4.69) is 38.2 Å². The molecular weight excluding hydrogens is 753 g/mol. The summed E-state index contributed by atoms with van der Waals surface area (Å²) in [5, 5.41) is 8.91. The van der Waals surface area contributed by atoms with E-state index in [9.17, 15) is 19.0 Å². The van der Waals surface area contributed by atoms with Crippen LogP contribution in [-0.2, 0) is 32.7 Å². The molecule has 0 aromatic heterocycles. The molecule has 0 spiro atoms. The number of ether oxygens (including phenoxy) is 2. The largest absolute Gasteiger partial charge is 0.480 e. The molecule has 10 nitrogen and oxygen atoms in total. The Bertz CT molecular complexity index is 1020. The van der Waals surface area contributed by atoms with Gasteiger partial charge in [-0.1, -0.05) is 199 Å². The average Bonchev–Trinajstić information content (AvgIpc) is 3.20. The van der Waals surface area contributed by atoms with Crippen LogP contribution in [0.4, 0.5) is 0 Å². The van der Waals surface area contributed by atoms with Crippen LogP contribution in [0.5, 0.6) is 0 Å². The average molecular weight is 844 g/mol. The monoisotopic (exact) mass is 844 g/mol. The molecule has 3 atom stereocenters. The van der Waals surface area contributed by atoms with Crippen molar-refractivity contribution in [1.82, 2.24) is 0 Å². The number of carboxylic acids is 1. The summed E-state index contributed by atoms with van der Waals surface area (Å²) in [4.78, 5) is 33.6. The number of allylic oxidation sites excluding steroid dienone is 4. The number of unbranched alkanes of at least 4 members (excludes halogenated alkanes) is 28. The lowest BCUT2D eigenvalue weighted by Gasteiger charge is -2.20. The summed E-state index contributed by atoms with van der Waals surface area (Å²) in [6, 6.07) is -1.47. The Kier molecular flexibility index (Phi) is 42.4. The first kappa shape index (κ1) is 56.5. The number of hydrogen-bond acceptors (Lipinski definition) is 8. The molecule has 0 heterocycles. The summed E-state index contributed by atoms with van der Waals surface area (Å²) in [5.74, 6) is -1.77. The SMILES string of the molecule is CCCCC/C=C\C/C=C\CCCCCCCCCCOCC(COP(=O)(O)OCC(N)C(=O)O)OC(=O)CCCCCCCCCCCCCCCCCCCC. The third-order valence-electron chi connectivity index (χ3n) is 10.5. The van der Waals surface area contributed by atoms with Gasteiger partial charge in [0.25, 0.3) is 0 Å². The van der Waals surface area contributed by atoms with Crippen molar-refractivity contribution in [1.29, 1.82) is 0 Å². The number of esters is 1. The fourth-order valence-corrected chi connectivity index (χ4v) is 7.53. The summed E-state index contributed by atoms with van der Waals surface area (Å²) >= 11 is 0. The molecule has 0 fully saturated rings. The maximum Gasteiger partial charge on any atom is 0.472 e. The number of carbonyl (C=O) groups excluding carboxylic acids is 1. The van der Waals surface area contributed by atoms with Crippen LogP contribution in [0.1, 0.15) is 226 Å². The van der Waals surface area contributed by atoms with E-state index in [1.54, 1.807) is 0 Å². The van der Waals surface area contributed by atoms with Gasteiger partial charge >= 0.3 is 19.8 Å². The van der Waals surface area contributed by atoms with Crippen molar-refractivity contribution in [3.8, 4) is 0 Å². The number of rotatable bonds is 46. The predicted octanol–water partition coefficient (Wildman–Crippen LogP) is 13.5. The molecule has 0 rings (SSSR count). The van der Waals surface area contributed by atoms with E-state index in [0.29, 0.717) is 13.0 Å². The number of phosphoric ester groups is 1. The van der Waals surface area contributed by atoms with Gasteiger partial charge in [0.15, 0.2) is 0 Å². The van der Waals surface area contributed by atoms with Crippen LogP contribution < -0.4 is 5.73 Å². The van der Waals surface area contributed by atoms with Crippen LogP contribution in [0.15, 0.2) is 24.3 Å². The van der Waals surface area contributed by atoms with Gasteiger partial charge in [0, 0.05) is 13.0 Å². The minimum absolute atomic E-state index is 0.0171. The Hall–Kier alpha value is -1.55. The van der Waals surface area contributed by atoms with Gasteiger partial charge in [-0.05, 0) is 44.9 Å². The highest BCUT2D eigenvalue weighted by Gasteiger charge is 2.27. The third kappa shape index (κ3) is 42.6. The minimum atomic E-state index is -4.62. The molecule has 11 heteroatoms. The van der Waals surface area contributed by atoms with Crippen LogP contribution in [0.3, 0.4) is 0 Å². The summed E-state index contributed by atoms with van der Waals surface area (Å²) in [5.41, 5.74) is 5.37. The predicted molar refractivity (Wildman–Crippen MR) is 240 cm³/mol. The number of aliphatic carboxylic acids is 1. The fraction of sp³-hybridized carbons (Fsp3) is 0.872. The molecule has 0 radical (unpaired) electrons. The summed E-state index contributed by atoms with van der Waals surface area (Å²) in [6.07, 6.45) is 48.0. The second-order valence-corrected chi connectivity index (χ2v) is 17.7. The van der Waals surface area contributed by atoms with Gasteiger partial charge in [-0.3, -0.25) is 18.6 Å². The Morgan fingerprint density at radius 3 is 1.43 bits per heavy atom. The van der Waals surface area contributed by atoms with Crippen molar-refractivity contribution in [2.24, 2.45) is 5.73 Å². The molecule has 3 unspecified atom stereocenters. The maximum atomic E-state index is 12.7. The number of nitrogens with two attached hydrogens (primary N) is 1. The first-order valence-corrected chi connectivity index (χ1v) is 25.4. The van der Waals surface area contributed by atoms with E-state index < -0.39 is 45.1 Å². The van der Waals surface area contributed by atoms with Crippen molar-refractivity contribution < 1.29 is 42.7 Å². The van der Waals surface area contributed by atoms with Crippen molar-refractivity contribution in [2.45, 2.75) is 238 Å². The highest BCUT2D eigenvalue weighted by molar-refractivity contribution is 7.47. The van der Waals surface area contributed by atoms with Crippen molar-refractivity contribution in [2.75, 3.05) is 26.4 Å². The Labute approximate surface area is 355 Å². The van der Waals surface area contributed by atoms with E-state index in [0.717, 1.165) is 44.9 Å². The van der Waals surface area contributed by atoms with E-state index in [4.69, 9.17) is 29.4 Å². The van der Waals surface area contributed by atoms with Crippen molar-refractivity contribution in [3.63, 3.8) is 0 Å². The van der Waals surface area contributed by atoms with Gasteiger partial charge in [-0.15, -0.1) is 0 Å². The number of carbonyl (C=O) groups is 2. The minimum Gasteiger partial charge on any atom is -0.480 e. The first-order chi connectivity index (χ1) is 28.2. The zero-order valence-electron chi connectivity index (χ0n) is 37.4. The summed E-state index contributed by atoms with van der Waals surface area (Å²) in [7, 11) is -4.62. The Morgan fingerprint density at radius 1 is 0.552 bits per heavy atom. The number of hydrogen-bond donors (Lipinski definition) is 3. The molecule has 342 valence electrons. The first-order valence-electron chi connectivity index (χ1n) is 23.9. The molecular formula is C47H90NO9P. The van der Waals surface area contributed by atoms with E-state index >= 15 is 0 Å². The Morgan fingerprint density at radius 2 is 0.948 bits per heavy atom. The van der Waals surface area contributed by atoms with Gasteiger partial charge in [-0.25, -0.2) is 4.57 Å². The summed E-state index contributed by atoms with van der Waals surface area (Å²) < 4.78 is 33.4. The lowest BCUT2D eigenvalue weighted by Crippen LogP contribution is -2.34. The molecule has 0 saturated carbocycles. The molecule has 58 heavy (non-hydrogen) atoms. The van der Waals surface area contributed by atoms with E-state index in [1.807, 2.05) is 0 Å². The molecule has 0 aromatic carbocycles. The highest BCUT2D eigenvalue weighted by Crippen LogP contribution is 2.43. The van der Waals surface area contributed by atoms with Crippen LogP contribution >= 0.6 is 7.82 Å². The lowest BCUT2D eigenvalue weighted by atomic mass is 10.0. The second-order valence-electron chi connectivity index (χ2n) is 16.2. The van der Waals surface area contributed by atoms with Crippen LogP contribution in [-0.4, -0.2) is 60.5 Å². The van der Waals surface area contributed by atoms with Crippen molar-refractivity contribution >= 4 is 19.8 Å². The third-order valence-corrected chi connectivity index (χ3v) is 11.4. The molecule has 0 amide bonds. The van der Waals surface area contributed by atoms with E-state index in [-0.39, 0.29) is 13.0 Å². The molecule has 0 aliphatic carbocycles. The van der Waals surface area contributed by atoms with Gasteiger partial charge in [0.05, 0.1) is 19.8 Å². The zero-order chi connectivity index (χ0) is 42.6. The van der Waals surface area contributed by atoms with Crippen LogP contribution in [0.2, 0.25) is 0 Å². The zero-order valence-corrected chi connectivity index (χ0v) is 38.3. The second kappa shape index (κ2) is 43.5. The van der Waals surface area contributed by atoms with Gasteiger partial charge < -0.3 is 25.2 Å². The fourth-order valence-electron chi connectivity index (χ4n) is 6.75. The Balaban J connectivity index is 4.17. The quantitative estimate of drug-likeness (QED) is 0.0233. The molecule has 0 aliphatic rings. The molecule has 0 bridgehead atoms. The van der Waals surface area contributed by atoms with E-state index in [1.165, 1.54) is 154 Å². The van der Waals surface area contributed by atoms with Crippen molar-refractivity contribution in [3.05, 3.63) is 24.3 Å². The number of phosphoric acid groups is 1. The van der Waals surface area contributed by atoms with Crippen LogP contribution in [0.25, 0.3) is 0 Å². The topological polar surface area (TPSA) is 155 Å². The lowest BCUT2D eigenvalue weighted by molar-refractivity contribution is -0.154. The van der Waals surface area contributed by atoms with Crippen LogP contribution in [0, 0.1) is 0 Å². The smallest absolute Gasteiger partial charge is 0.472 e. The summed E-state index contributed by atoms with van der Waals surface area (Å²) in [6.45, 7) is 3.88. The normalized spacial score (nSPS) is 14.0. The molecule has 0 aromatic rings. The molecule has 4 N–H and O–H groups in total. The van der Waals surface area contributed by atoms with Gasteiger partial charge in [0.2, 0.25) is 0 Å². The maximum absolute atomic E-state index is 12.7. The number of carboxylic acid groups (broad SMARTS) is 1. The van der Waals surface area contributed by atoms with Gasteiger partial charge in [-0.2, -0.15) is 0 Å². The molecule has 0 saturated heterocycles. The van der Waals surface area contributed by atoms with Gasteiger partial charge in [0.1, 0.15) is 12.1 Å². The molecule has 0 aliphatic heterocycles.